The SMILES string of the molecule is CCc1cc2c(cc1CC)C(Cl)CCC2. The van der Waals surface area contributed by atoms with E-state index in [0.717, 1.165) is 19.3 Å². The molecule has 1 aromatic carbocycles. The van der Waals surface area contributed by atoms with E-state index in [4.69, 9.17) is 11.6 Å². The summed E-state index contributed by atoms with van der Waals surface area (Å²) in [6.07, 6.45) is 5.87. The Bertz CT molecular complexity index is 355. The maximum Gasteiger partial charge on any atom is 0.0588 e. The Kier molecular flexibility index (Phi) is 3.35. The van der Waals surface area contributed by atoms with E-state index in [1.807, 2.05) is 0 Å². The molecule has 0 aromatic heterocycles. The van der Waals surface area contributed by atoms with Crippen molar-refractivity contribution in [3.8, 4) is 0 Å². The van der Waals surface area contributed by atoms with E-state index in [0.29, 0.717) is 0 Å². The third-order valence-corrected chi connectivity index (χ3v) is 3.92. The monoisotopic (exact) mass is 222 g/mol. The molecule has 0 saturated heterocycles. The number of rotatable bonds is 2. The Labute approximate surface area is 97.6 Å². The first kappa shape index (κ1) is 11.0. The van der Waals surface area contributed by atoms with Gasteiger partial charge in [-0.05, 0) is 54.4 Å². The van der Waals surface area contributed by atoms with Gasteiger partial charge in [-0.1, -0.05) is 26.0 Å². The number of fused-ring (bicyclic) bond motifs is 1. The minimum Gasteiger partial charge on any atom is -0.118 e. The van der Waals surface area contributed by atoms with Crippen LogP contribution in [-0.4, -0.2) is 0 Å². The van der Waals surface area contributed by atoms with Gasteiger partial charge in [-0.15, -0.1) is 11.6 Å². The highest BCUT2D eigenvalue weighted by molar-refractivity contribution is 6.21. The number of alkyl halides is 1. The third kappa shape index (κ3) is 2.06. The van der Waals surface area contributed by atoms with E-state index < -0.39 is 0 Å². The lowest BCUT2D eigenvalue weighted by molar-refractivity contribution is 0.665. The molecule has 1 aliphatic carbocycles. The summed E-state index contributed by atoms with van der Waals surface area (Å²) in [6, 6.07) is 4.74. The van der Waals surface area contributed by atoms with Gasteiger partial charge in [0.15, 0.2) is 0 Å². The minimum atomic E-state index is 0.255. The number of hydrogen-bond acceptors (Lipinski definition) is 0. The van der Waals surface area contributed by atoms with Crippen LogP contribution < -0.4 is 0 Å². The normalized spacial score (nSPS) is 20.1. The van der Waals surface area contributed by atoms with Crippen LogP contribution in [0, 0.1) is 0 Å². The average Bonchev–Trinajstić information content (AvgIpc) is 2.28. The van der Waals surface area contributed by atoms with Crippen molar-refractivity contribution >= 4 is 11.6 Å². The molecule has 0 bridgehead atoms. The molecule has 1 atom stereocenters. The average molecular weight is 223 g/mol. The van der Waals surface area contributed by atoms with Gasteiger partial charge in [-0.25, -0.2) is 0 Å². The zero-order valence-electron chi connectivity index (χ0n) is 9.65. The molecule has 2 rings (SSSR count). The van der Waals surface area contributed by atoms with Gasteiger partial charge in [0.1, 0.15) is 0 Å². The molecular weight excluding hydrogens is 204 g/mol. The van der Waals surface area contributed by atoms with Crippen LogP contribution in [0.25, 0.3) is 0 Å². The minimum absolute atomic E-state index is 0.255. The Balaban J connectivity index is 2.48. The summed E-state index contributed by atoms with van der Waals surface area (Å²) >= 11 is 6.37. The summed E-state index contributed by atoms with van der Waals surface area (Å²) in [5, 5.41) is 0.255. The zero-order valence-corrected chi connectivity index (χ0v) is 10.4. The Morgan fingerprint density at radius 1 is 1.20 bits per heavy atom. The highest BCUT2D eigenvalue weighted by Crippen LogP contribution is 2.36. The van der Waals surface area contributed by atoms with Gasteiger partial charge in [0.25, 0.3) is 0 Å². The van der Waals surface area contributed by atoms with Crippen molar-refractivity contribution in [2.24, 2.45) is 0 Å². The van der Waals surface area contributed by atoms with Crippen molar-refractivity contribution < 1.29 is 0 Å². The molecule has 1 aliphatic rings. The Morgan fingerprint density at radius 3 is 2.53 bits per heavy atom. The van der Waals surface area contributed by atoms with Crippen molar-refractivity contribution in [3.05, 3.63) is 34.4 Å². The summed E-state index contributed by atoms with van der Waals surface area (Å²) < 4.78 is 0. The van der Waals surface area contributed by atoms with Crippen LogP contribution >= 0.6 is 11.6 Å². The van der Waals surface area contributed by atoms with E-state index >= 15 is 0 Å². The third-order valence-electron chi connectivity index (χ3n) is 3.46. The maximum atomic E-state index is 6.37. The molecule has 82 valence electrons. The number of aryl methyl sites for hydroxylation is 3. The van der Waals surface area contributed by atoms with E-state index in [1.54, 1.807) is 0 Å². The fourth-order valence-electron chi connectivity index (χ4n) is 2.55. The van der Waals surface area contributed by atoms with Gasteiger partial charge in [0.2, 0.25) is 0 Å². The first-order valence-electron chi connectivity index (χ1n) is 6.04. The maximum absolute atomic E-state index is 6.37. The second-order valence-corrected chi connectivity index (χ2v) is 4.91. The van der Waals surface area contributed by atoms with Crippen molar-refractivity contribution in [1.82, 2.24) is 0 Å². The predicted molar refractivity (Wildman–Crippen MR) is 66.7 cm³/mol. The van der Waals surface area contributed by atoms with Crippen LogP contribution in [0.5, 0.6) is 0 Å². The zero-order chi connectivity index (χ0) is 10.8. The van der Waals surface area contributed by atoms with E-state index in [-0.39, 0.29) is 5.38 Å². The molecule has 0 heterocycles. The molecule has 0 fully saturated rings. The summed E-state index contributed by atoms with van der Waals surface area (Å²) in [5.41, 5.74) is 5.90. The molecule has 0 spiro atoms. The quantitative estimate of drug-likeness (QED) is 0.650. The summed E-state index contributed by atoms with van der Waals surface area (Å²) in [5.74, 6) is 0. The van der Waals surface area contributed by atoms with Gasteiger partial charge >= 0.3 is 0 Å². The second kappa shape index (κ2) is 4.57. The smallest absolute Gasteiger partial charge is 0.0588 e. The van der Waals surface area contributed by atoms with Crippen LogP contribution in [0.2, 0.25) is 0 Å². The molecule has 1 heteroatoms. The summed E-state index contributed by atoms with van der Waals surface area (Å²) in [6.45, 7) is 4.47. The molecule has 0 saturated carbocycles. The van der Waals surface area contributed by atoms with Gasteiger partial charge in [0.05, 0.1) is 5.38 Å². The fourth-order valence-corrected chi connectivity index (χ4v) is 2.91. The molecule has 15 heavy (non-hydrogen) atoms. The molecule has 1 unspecified atom stereocenters. The lowest BCUT2D eigenvalue weighted by atomic mass is 9.86. The first-order chi connectivity index (χ1) is 7.26. The lowest BCUT2D eigenvalue weighted by Crippen LogP contribution is -2.08. The Morgan fingerprint density at radius 2 is 1.87 bits per heavy atom. The highest BCUT2D eigenvalue weighted by Gasteiger charge is 2.19. The van der Waals surface area contributed by atoms with Crippen LogP contribution in [-0.2, 0) is 19.3 Å². The van der Waals surface area contributed by atoms with E-state index in [1.165, 1.54) is 35.1 Å². The topological polar surface area (TPSA) is 0 Å². The van der Waals surface area contributed by atoms with Gasteiger partial charge < -0.3 is 0 Å². The second-order valence-electron chi connectivity index (χ2n) is 4.39. The largest absolute Gasteiger partial charge is 0.118 e. The van der Waals surface area contributed by atoms with Gasteiger partial charge in [0, 0.05) is 0 Å². The molecule has 0 aliphatic heterocycles. The molecule has 0 N–H and O–H groups in total. The lowest BCUT2D eigenvalue weighted by Gasteiger charge is -2.23. The molecule has 0 radical (unpaired) electrons. The summed E-state index contributed by atoms with van der Waals surface area (Å²) in [4.78, 5) is 0. The number of halogens is 1. The van der Waals surface area contributed by atoms with Crippen molar-refractivity contribution in [1.29, 1.82) is 0 Å². The molecule has 1 aromatic rings. The molecule has 0 amide bonds. The van der Waals surface area contributed by atoms with Crippen LogP contribution in [0.1, 0.15) is 54.3 Å². The van der Waals surface area contributed by atoms with Crippen molar-refractivity contribution in [2.75, 3.05) is 0 Å². The van der Waals surface area contributed by atoms with Crippen LogP contribution in [0.15, 0.2) is 12.1 Å². The number of hydrogen-bond donors (Lipinski definition) is 0. The van der Waals surface area contributed by atoms with E-state index in [9.17, 15) is 0 Å². The fraction of sp³-hybridized carbons (Fsp3) is 0.571. The van der Waals surface area contributed by atoms with Gasteiger partial charge in [-0.3, -0.25) is 0 Å². The summed E-state index contributed by atoms with van der Waals surface area (Å²) in [7, 11) is 0. The predicted octanol–water partition coefficient (Wildman–Crippen LogP) is 4.43. The van der Waals surface area contributed by atoms with Crippen LogP contribution in [0.4, 0.5) is 0 Å². The van der Waals surface area contributed by atoms with Crippen LogP contribution in [0.3, 0.4) is 0 Å². The Hall–Kier alpha value is -0.490. The van der Waals surface area contributed by atoms with E-state index in [2.05, 4.69) is 26.0 Å². The van der Waals surface area contributed by atoms with Gasteiger partial charge in [-0.2, -0.15) is 0 Å². The number of benzene rings is 1. The highest BCUT2D eigenvalue weighted by atomic mass is 35.5. The van der Waals surface area contributed by atoms with Crippen molar-refractivity contribution in [2.45, 2.75) is 51.3 Å². The van der Waals surface area contributed by atoms with Crippen molar-refractivity contribution in [3.63, 3.8) is 0 Å². The first-order valence-corrected chi connectivity index (χ1v) is 6.48. The standard InChI is InChI=1S/C14H19Cl/c1-3-10-8-12-6-5-7-14(15)13(12)9-11(10)4-2/h8-9,14H,3-7H2,1-2H3. The molecular formula is C14H19Cl. The molecule has 0 nitrogen and oxygen atoms in total.